The fraction of sp³-hybridized carbons (Fsp3) is 0.0741. The van der Waals surface area contributed by atoms with E-state index in [2.05, 4.69) is 9.97 Å². The standard InChI is InChI=1S/C27H20Cl2N4O2/c1-33-15-31-14-24(33)27(35,17-5-7-18(28)8-6-17)21-10-12-22-20(9-11-23(32-22)26(30)34)25(21)16-3-2-4-19(29)13-16/h2-15,35H,1H3,(H2,30,34). The molecule has 8 heteroatoms. The van der Waals surface area contributed by atoms with Gasteiger partial charge in [-0.3, -0.25) is 4.79 Å². The second kappa shape index (κ2) is 8.82. The molecule has 5 rings (SSSR count). The molecule has 2 heterocycles. The quantitative estimate of drug-likeness (QED) is 0.339. The van der Waals surface area contributed by atoms with E-state index in [0.29, 0.717) is 37.9 Å². The minimum atomic E-state index is -1.61. The first-order chi connectivity index (χ1) is 16.8. The van der Waals surface area contributed by atoms with Crippen molar-refractivity contribution in [3.8, 4) is 11.1 Å². The van der Waals surface area contributed by atoms with E-state index in [1.807, 2.05) is 25.2 Å². The van der Waals surface area contributed by atoms with Crippen molar-refractivity contribution >= 4 is 40.0 Å². The summed E-state index contributed by atoms with van der Waals surface area (Å²) in [5.74, 6) is -0.618. The van der Waals surface area contributed by atoms with Crippen molar-refractivity contribution < 1.29 is 9.90 Å². The maximum Gasteiger partial charge on any atom is 0.267 e. The Kier molecular flexibility index (Phi) is 5.81. The molecule has 0 radical (unpaired) electrons. The smallest absolute Gasteiger partial charge is 0.267 e. The molecule has 0 saturated carbocycles. The van der Waals surface area contributed by atoms with Gasteiger partial charge in [-0.2, -0.15) is 0 Å². The predicted molar refractivity (Wildman–Crippen MR) is 137 cm³/mol. The van der Waals surface area contributed by atoms with Crippen LogP contribution in [0.5, 0.6) is 0 Å². The molecule has 3 aromatic carbocycles. The topological polar surface area (TPSA) is 94.0 Å². The molecule has 6 nitrogen and oxygen atoms in total. The molecule has 0 bridgehead atoms. The number of nitrogens with two attached hydrogens (primary N) is 1. The van der Waals surface area contributed by atoms with E-state index in [-0.39, 0.29) is 5.69 Å². The molecular formula is C27H20Cl2N4O2. The van der Waals surface area contributed by atoms with E-state index >= 15 is 0 Å². The molecule has 1 atom stereocenters. The Bertz CT molecular complexity index is 1580. The molecule has 1 unspecified atom stereocenters. The van der Waals surface area contributed by atoms with Gasteiger partial charge >= 0.3 is 0 Å². The van der Waals surface area contributed by atoms with Gasteiger partial charge in [-0.25, -0.2) is 9.97 Å². The molecule has 5 aromatic rings. The first kappa shape index (κ1) is 23.1. The molecule has 174 valence electrons. The van der Waals surface area contributed by atoms with Crippen molar-refractivity contribution in [2.45, 2.75) is 5.60 Å². The number of hydrogen-bond acceptors (Lipinski definition) is 4. The zero-order chi connectivity index (χ0) is 24.7. The lowest BCUT2D eigenvalue weighted by Gasteiger charge is -2.32. The Labute approximate surface area is 211 Å². The van der Waals surface area contributed by atoms with Crippen LogP contribution in [0.15, 0.2) is 85.3 Å². The number of aryl methyl sites for hydroxylation is 1. The summed E-state index contributed by atoms with van der Waals surface area (Å²) in [5.41, 5.74) is 7.82. The van der Waals surface area contributed by atoms with E-state index in [1.54, 1.807) is 71.7 Å². The number of hydrogen-bond donors (Lipinski definition) is 2. The molecule has 0 fully saturated rings. The number of halogens is 2. The van der Waals surface area contributed by atoms with Crippen LogP contribution in [0.1, 0.15) is 27.3 Å². The van der Waals surface area contributed by atoms with Gasteiger partial charge in [-0.05, 0) is 59.2 Å². The van der Waals surface area contributed by atoms with Crippen LogP contribution in [0.2, 0.25) is 10.0 Å². The van der Waals surface area contributed by atoms with Crippen LogP contribution in [0, 0.1) is 0 Å². The second-order valence-corrected chi connectivity index (χ2v) is 9.11. The lowest BCUT2D eigenvalue weighted by atomic mass is 9.78. The van der Waals surface area contributed by atoms with Crippen LogP contribution < -0.4 is 5.73 Å². The molecule has 2 aromatic heterocycles. The van der Waals surface area contributed by atoms with Crippen molar-refractivity contribution in [2.24, 2.45) is 12.8 Å². The number of amides is 1. The minimum absolute atomic E-state index is 0.155. The normalized spacial score (nSPS) is 13.0. The van der Waals surface area contributed by atoms with Crippen LogP contribution in [-0.4, -0.2) is 25.5 Å². The third kappa shape index (κ3) is 3.96. The lowest BCUT2D eigenvalue weighted by Crippen LogP contribution is -2.32. The third-order valence-electron chi connectivity index (χ3n) is 6.08. The van der Waals surface area contributed by atoms with E-state index in [0.717, 1.165) is 10.9 Å². The van der Waals surface area contributed by atoms with E-state index in [9.17, 15) is 9.90 Å². The highest BCUT2D eigenvalue weighted by molar-refractivity contribution is 6.31. The number of rotatable bonds is 5. The van der Waals surface area contributed by atoms with E-state index in [1.165, 1.54) is 0 Å². The van der Waals surface area contributed by atoms with Gasteiger partial charge < -0.3 is 15.4 Å². The Balaban J connectivity index is 1.91. The van der Waals surface area contributed by atoms with Crippen molar-refractivity contribution in [3.05, 3.63) is 118 Å². The Hall–Kier alpha value is -3.71. The molecule has 0 aliphatic carbocycles. The molecule has 1 amide bonds. The van der Waals surface area contributed by atoms with Crippen LogP contribution in [0.25, 0.3) is 22.0 Å². The molecule has 0 aliphatic heterocycles. The molecule has 0 saturated heterocycles. The molecule has 0 aliphatic rings. The summed E-state index contributed by atoms with van der Waals surface area (Å²) < 4.78 is 1.77. The first-order valence-corrected chi connectivity index (χ1v) is 11.5. The highest BCUT2D eigenvalue weighted by atomic mass is 35.5. The fourth-order valence-electron chi connectivity index (χ4n) is 4.44. The number of pyridine rings is 1. The maximum atomic E-state index is 12.6. The number of imidazole rings is 1. The fourth-order valence-corrected chi connectivity index (χ4v) is 4.75. The van der Waals surface area contributed by atoms with Crippen molar-refractivity contribution in [1.82, 2.24) is 14.5 Å². The number of nitrogens with zero attached hydrogens (tertiary/aromatic N) is 3. The van der Waals surface area contributed by atoms with Crippen LogP contribution in [0.3, 0.4) is 0 Å². The number of primary amides is 1. The highest BCUT2D eigenvalue weighted by Crippen LogP contribution is 2.44. The first-order valence-electron chi connectivity index (χ1n) is 10.7. The predicted octanol–water partition coefficient (Wildman–Crippen LogP) is 5.33. The van der Waals surface area contributed by atoms with Gasteiger partial charge in [0.15, 0.2) is 5.60 Å². The average molecular weight is 503 g/mol. The zero-order valence-electron chi connectivity index (χ0n) is 18.6. The highest BCUT2D eigenvalue weighted by Gasteiger charge is 2.39. The van der Waals surface area contributed by atoms with Gasteiger partial charge in [0.1, 0.15) is 5.69 Å². The van der Waals surface area contributed by atoms with Crippen molar-refractivity contribution in [2.75, 3.05) is 0 Å². The van der Waals surface area contributed by atoms with Crippen LogP contribution >= 0.6 is 23.2 Å². The van der Waals surface area contributed by atoms with Gasteiger partial charge in [0.2, 0.25) is 0 Å². The minimum Gasteiger partial charge on any atom is -0.374 e. The number of benzene rings is 3. The lowest BCUT2D eigenvalue weighted by molar-refractivity contribution is 0.0995. The molecular weight excluding hydrogens is 483 g/mol. The monoisotopic (exact) mass is 502 g/mol. The summed E-state index contributed by atoms with van der Waals surface area (Å²) >= 11 is 12.5. The van der Waals surface area contributed by atoms with Crippen molar-refractivity contribution in [1.29, 1.82) is 0 Å². The van der Waals surface area contributed by atoms with E-state index in [4.69, 9.17) is 28.9 Å². The number of aliphatic hydroxyl groups is 1. The van der Waals surface area contributed by atoms with Gasteiger partial charge in [-0.1, -0.05) is 53.5 Å². The number of aromatic nitrogens is 3. The Morgan fingerprint density at radius 1 is 1.00 bits per heavy atom. The Morgan fingerprint density at radius 3 is 2.43 bits per heavy atom. The van der Waals surface area contributed by atoms with Crippen LogP contribution in [0.4, 0.5) is 0 Å². The van der Waals surface area contributed by atoms with Crippen LogP contribution in [-0.2, 0) is 12.6 Å². The average Bonchev–Trinajstić information content (AvgIpc) is 3.29. The van der Waals surface area contributed by atoms with Gasteiger partial charge in [0.05, 0.1) is 23.7 Å². The van der Waals surface area contributed by atoms with Gasteiger partial charge in [0.25, 0.3) is 5.91 Å². The summed E-state index contributed by atoms with van der Waals surface area (Å²) in [6.45, 7) is 0. The maximum absolute atomic E-state index is 12.6. The molecule has 35 heavy (non-hydrogen) atoms. The van der Waals surface area contributed by atoms with Gasteiger partial charge in [-0.15, -0.1) is 0 Å². The number of carbonyl (C=O) groups is 1. The summed E-state index contributed by atoms with van der Waals surface area (Å²) in [4.78, 5) is 20.5. The summed E-state index contributed by atoms with van der Waals surface area (Å²) in [5, 5.41) is 14.4. The zero-order valence-corrected chi connectivity index (χ0v) is 20.1. The molecule has 3 N–H and O–H groups in total. The van der Waals surface area contributed by atoms with Crippen molar-refractivity contribution in [3.63, 3.8) is 0 Å². The number of carbonyl (C=O) groups excluding carboxylic acids is 1. The number of fused-ring (bicyclic) bond motifs is 1. The second-order valence-electron chi connectivity index (χ2n) is 8.23. The largest absolute Gasteiger partial charge is 0.374 e. The third-order valence-corrected chi connectivity index (χ3v) is 6.56. The molecule has 0 spiro atoms. The van der Waals surface area contributed by atoms with E-state index < -0.39 is 11.5 Å². The summed E-state index contributed by atoms with van der Waals surface area (Å²) in [7, 11) is 1.82. The SMILES string of the molecule is Cn1cncc1C(O)(c1ccc(Cl)cc1)c1ccc2nc(C(N)=O)ccc2c1-c1cccc(Cl)c1. The summed E-state index contributed by atoms with van der Waals surface area (Å²) in [6.07, 6.45) is 3.27. The Morgan fingerprint density at radius 2 is 1.77 bits per heavy atom. The summed E-state index contributed by atoms with van der Waals surface area (Å²) in [6, 6.07) is 21.3. The van der Waals surface area contributed by atoms with Gasteiger partial charge in [0, 0.05) is 28.0 Å².